The number of likely N-dealkylation sites (tertiary alicyclic amines) is 1. The zero-order valence-corrected chi connectivity index (χ0v) is 22.0. The number of rotatable bonds is 8. The minimum atomic E-state index is -1.30. The maximum absolute atomic E-state index is 13.0. The Hall–Kier alpha value is -4.58. The molecule has 3 aliphatic rings. The molecule has 4 amide bonds. The first-order valence-electron chi connectivity index (χ1n) is 12.5. The number of thioether (sulfide) groups is 1. The molecule has 0 saturated carbocycles. The van der Waals surface area contributed by atoms with Crippen LogP contribution in [0.4, 0.5) is 0 Å². The van der Waals surface area contributed by atoms with Crippen LogP contribution in [0.2, 0.25) is 0 Å². The largest absolute Gasteiger partial charge is 0.508 e. The van der Waals surface area contributed by atoms with E-state index in [1.807, 2.05) is 0 Å². The highest BCUT2D eigenvalue weighted by atomic mass is 32.2. The molecule has 5 rings (SSSR count). The first-order valence-corrected chi connectivity index (χ1v) is 13.6. The number of carboxylic acid groups (broad SMARTS) is 1. The van der Waals surface area contributed by atoms with E-state index in [1.54, 1.807) is 65.6 Å². The summed E-state index contributed by atoms with van der Waals surface area (Å²) in [6.45, 7) is 0.419. The summed E-state index contributed by atoms with van der Waals surface area (Å²) in [4.78, 5) is 65.5. The van der Waals surface area contributed by atoms with Crippen LogP contribution in [0.15, 0.2) is 77.5 Å². The van der Waals surface area contributed by atoms with Crippen LogP contribution >= 0.6 is 11.8 Å². The highest BCUT2D eigenvalue weighted by Gasteiger charge is 2.54. The first kappa shape index (κ1) is 27.0. The van der Waals surface area contributed by atoms with Crippen molar-refractivity contribution in [2.24, 2.45) is 0 Å². The Labute approximate surface area is 233 Å². The lowest BCUT2D eigenvalue weighted by atomic mass is 10.0. The average molecular weight is 563 g/mol. The highest BCUT2D eigenvalue weighted by molar-refractivity contribution is 8.00. The Morgan fingerprint density at radius 2 is 1.85 bits per heavy atom. The third-order valence-corrected chi connectivity index (χ3v) is 8.11. The van der Waals surface area contributed by atoms with Crippen LogP contribution in [0.5, 0.6) is 5.75 Å². The fraction of sp³-hybridized carbons (Fsp3) is 0.250. The minimum Gasteiger partial charge on any atom is -0.508 e. The first-order chi connectivity index (χ1) is 19.2. The number of hydrogen-bond acceptors (Lipinski definition) is 7. The SMILES string of the molecule is O=C(CNC(=O)c1ccccc1)N[C@@H]1C(=O)N2C(C(=O)O)=C(/C=C3\CCN(Cc4cccc(O)c4)C3=O)CS[C@H]12. The second-order valence-electron chi connectivity index (χ2n) is 9.50. The molecule has 0 unspecified atom stereocenters. The molecule has 206 valence electrons. The highest BCUT2D eigenvalue weighted by Crippen LogP contribution is 2.41. The number of allylic oxidation sites excluding steroid dienone is 1. The van der Waals surface area contributed by atoms with Crippen molar-refractivity contribution in [3.63, 3.8) is 0 Å². The number of phenolic OH excluding ortho intramolecular Hbond substituents is 1. The average Bonchev–Trinajstić information content (AvgIpc) is 3.28. The van der Waals surface area contributed by atoms with Crippen molar-refractivity contribution < 1.29 is 34.2 Å². The summed E-state index contributed by atoms with van der Waals surface area (Å²) in [5.41, 5.74) is 1.76. The molecule has 0 spiro atoms. The second kappa shape index (κ2) is 11.3. The summed E-state index contributed by atoms with van der Waals surface area (Å²) >= 11 is 1.29. The molecule has 40 heavy (non-hydrogen) atoms. The van der Waals surface area contributed by atoms with Crippen molar-refractivity contribution in [1.29, 1.82) is 0 Å². The molecule has 4 N–H and O–H groups in total. The van der Waals surface area contributed by atoms with E-state index in [0.29, 0.717) is 36.2 Å². The zero-order chi connectivity index (χ0) is 28.4. The van der Waals surface area contributed by atoms with Gasteiger partial charge in [-0.2, -0.15) is 0 Å². The lowest BCUT2D eigenvalue weighted by molar-refractivity contribution is -0.150. The Bertz CT molecular complexity index is 1460. The van der Waals surface area contributed by atoms with Gasteiger partial charge in [-0.1, -0.05) is 30.3 Å². The molecule has 3 aliphatic heterocycles. The molecule has 2 aromatic carbocycles. The number of carbonyl (C=O) groups excluding carboxylic acids is 4. The van der Waals surface area contributed by atoms with Crippen LogP contribution in [-0.4, -0.2) is 79.9 Å². The van der Waals surface area contributed by atoms with Crippen LogP contribution in [0.1, 0.15) is 22.3 Å². The quantitative estimate of drug-likeness (QED) is 0.276. The molecule has 2 atom stereocenters. The molecule has 12 heteroatoms. The molecular formula is C28H26N4O7S. The molecule has 3 heterocycles. The number of nitrogens with zero attached hydrogens (tertiary/aromatic N) is 2. The molecule has 0 aliphatic carbocycles. The topological polar surface area (TPSA) is 156 Å². The number of carbonyl (C=O) groups is 5. The van der Waals surface area contributed by atoms with Crippen molar-refractivity contribution in [2.75, 3.05) is 18.8 Å². The standard InChI is InChI=1S/C28H26N4O7S/c33-20-8-4-5-16(11-20)14-31-10-9-18(25(31)36)12-19-15-40-27-22(26(37)32(27)23(19)28(38)39)30-21(34)13-29-24(35)17-6-2-1-3-7-17/h1-8,11-12,22,27,33H,9-10,13-15H2,(H,29,35)(H,30,34)(H,38,39)/b18-12+/t22-,27-/m1/s1. The molecule has 0 radical (unpaired) electrons. The van der Waals surface area contributed by atoms with E-state index in [9.17, 15) is 34.2 Å². The third kappa shape index (κ3) is 5.43. The van der Waals surface area contributed by atoms with Gasteiger partial charge in [0.15, 0.2) is 0 Å². The van der Waals surface area contributed by atoms with Gasteiger partial charge in [-0.25, -0.2) is 4.79 Å². The van der Waals surface area contributed by atoms with Crippen LogP contribution in [0.3, 0.4) is 0 Å². The number of aromatic hydroxyl groups is 1. The number of nitrogens with one attached hydrogen (secondary N) is 2. The molecule has 11 nitrogen and oxygen atoms in total. The lowest BCUT2D eigenvalue weighted by Gasteiger charge is -2.49. The van der Waals surface area contributed by atoms with Crippen LogP contribution < -0.4 is 10.6 Å². The van der Waals surface area contributed by atoms with Gasteiger partial charge in [0.25, 0.3) is 11.8 Å². The normalized spacial score (nSPS) is 21.2. The molecule has 0 bridgehead atoms. The fourth-order valence-electron chi connectivity index (χ4n) is 4.87. The number of phenols is 1. The van der Waals surface area contributed by atoms with Crippen molar-refractivity contribution in [3.8, 4) is 5.75 Å². The molecule has 2 fully saturated rings. The molecule has 2 saturated heterocycles. The Morgan fingerprint density at radius 3 is 2.58 bits per heavy atom. The van der Waals surface area contributed by atoms with Crippen molar-refractivity contribution >= 4 is 41.4 Å². The van der Waals surface area contributed by atoms with Crippen molar-refractivity contribution in [3.05, 3.63) is 88.6 Å². The number of β-lactam (4-membered cyclic amide) rings is 1. The van der Waals surface area contributed by atoms with Gasteiger partial charge < -0.3 is 25.7 Å². The summed E-state index contributed by atoms with van der Waals surface area (Å²) in [7, 11) is 0. The van der Waals surface area contributed by atoms with E-state index in [2.05, 4.69) is 10.6 Å². The Balaban J connectivity index is 1.23. The zero-order valence-electron chi connectivity index (χ0n) is 21.2. The van der Waals surface area contributed by atoms with Gasteiger partial charge in [-0.05, 0) is 47.9 Å². The van der Waals surface area contributed by atoms with Gasteiger partial charge in [0, 0.05) is 30.0 Å². The third-order valence-electron chi connectivity index (χ3n) is 6.81. The van der Waals surface area contributed by atoms with E-state index in [-0.39, 0.29) is 29.7 Å². The predicted molar refractivity (Wildman–Crippen MR) is 145 cm³/mol. The van der Waals surface area contributed by atoms with E-state index in [1.165, 1.54) is 11.8 Å². The Kier molecular flexibility index (Phi) is 7.60. The summed E-state index contributed by atoms with van der Waals surface area (Å²) in [6.07, 6.45) is 1.97. The summed E-state index contributed by atoms with van der Waals surface area (Å²) in [5.74, 6) is -2.76. The van der Waals surface area contributed by atoms with E-state index >= 15 is 0 Å². The van der Waals surface area contributed by atoms with Gasteiger partial charge in [-0.15, -0.1) is 11.8 Å². The van der Waals surface area contributed by atoms with Crippen LogP contribution in [0.25, 0.3) is 0 Å². The summed E-state index contributed by atoms with van der Waals surface area (Å²) in [5, 5.41) is 24.1. The monoisotopic (exact) mass is 562 g/mol. The van der Waals surface area contributed by atoms with Gasteiger partial charge in [0.2, 0.25) is 11.8 Å². The number of fused-ring (bicyclic) bond motifs is 1. The summed E-state index contributed by atoms with van der Waals surface area (Å²) < 4.78 is 0. The summed E-state index contributed by atoms with van der Waals surface area (Å²) in [6, 6.07) is 14.1. The van der Waals surface area contributed by atoms with E-state index in [0.717, 1.165) is 10.5 Å². The van der Waals surface area contributed by atoms with Gasteiger partial charge in [-0.3, -0.25) is 24.1 Å². The maximum Gasteiger partial charge on any atom is 0.352 e. The fourth-order valence-corrected chi connectivity index (χ4v) is 6.17. The van der Waals surface area contributed by atoms with Gasteiger partial charge in [0.1, 0.15) is 22.9 Å². The number of aliphatic carboxylic acids is 1. The number of amides is 4. The van der Waals surface area contributed by atoms with E-state index < -0.39 is 35.1 Å². The van der Waals surface area contributed by atoms with E-state index in [4.69, 9.17) is 0 Å². The maximum atomic E-state index is 13.0. The van der Waals surface area contributed by atoms with Crippen LogP contribution in [-0.2, 0) is 25.7 Å². The minimum absolute atomic E-state index is 0.107. The Morgan fingerprint density at radius 1 is 1.07 bits per heavy atom. The smallest absolute Gasteiger partial charge is 0.352 e. The second-order valence-corrected chi connectivity index (χ2v) is 10.6. The molecule has 0 aromatic heterocycles. The van der Waals surface area contributed by atoms with Crippen LogP contribution in [0, 0.1) is 0 Å². The molecule has 2 aromatic rings. The lowest BCUT2D eigenvalue weighted by Crippen LogP contribution is -2.71. The number of hydrogen-bond donors (Lipinski definition) is 4. The van der Waals surface area contributed by atoms with Crippen molar-refractivity contribution in [2.45, 2.75) is 24.4 Å². The van der Waals surface area contributed by atoms with Gasteiger partial charge in [0.05, 0.1) is 6.54 Å². The number of benzene rings is 2. The predicted octanol–water partition coefficient (Wildman–Crippen LogP) is 1.22. The molecular weight excluding hydrogens is 536 g/mol. The number of carboxylic acids is 1. The van der Waals surface area contributed by atoms with Crippen molar-refractivity contribution in [1.82, 2.24) is 20.4 Å². The van der Waals surface area contributed by atoms with Gasteiger partial charge >= 0.3 is 5.97 Å².